The molecular formula is C16H11N3O3. The van der Waals surface area contributed by atoms with Crippen molar-refractivity contribution in [1.82, 2.24) is 9.55 Å². The summed E-state index contributed by atoms with van der Waals surface area (Å²) in [5.41, 5.74) is 1.17. The molecule has 6 nitrogen and oxygen atoms in total. The zero-order valence-electron chi connectivity index (χ0n) is 11.4. The number of nitrogens with zero attached hydrogens (tertiary/aromatic N) is 3. The Hall–Kier alpha value is -3.28. The van der Waals surface area contributed by atoms with Gasteiger partial charge in [-0.3, -0.25) is 14.9 Å². The van der Waals surface area contributed by atoms with Crippen LogP contribution in [0.2, 0.25) is 0 Å². The van der Waals surface area contributed by atoms with Crippen molar-refractivity contribution in [3.05, 3.63) is 88.5 Å². The van der Waals surface area contributed by atoms with Crippen molar-refractivity contribution in [3.8, 4) is 5.69 Å². The van der Waals surface area contributed by atoms with E-state index in [1.54, 1.807) is 59.7 Å². The molecule has 0 aliphatic rings. The first-order valence-electron chi connectivity index (χ1n) is 6.53. The summed E-state index contributed by atoms with van der Waals surface area (Å²) in [6.45, 7) is 0. The van der Waals surface area contributed by atoms with Gasteiger partial charge in [0.1, 0.15) is 0 Å². The third kappa shape index (κ3) is 2.49. The molecule has 0 N–H and O–H groups in total. The maximum atomic E-state index is 12.7. The number of non-ortho nitro benzene ring substituents is 1. The molecule has 0 aliphatic heterocycles. The Morgan fingerprint density at radius 2 is 1.91 bits per heavy atom. The Bertz CT molecular complexity index is 827. The molecule has 0 radical (unpaired) electrons. The SMILES string of the molecule is O=C(c1ccccc1)c1cc([N+](=O)[O-])ccc1-n1ccnc1. The van der Waals surface area contributed by atoms with Gasteiger partial charge in [0.15, 0.2) is 5.78 Å². The highest BCUT2D eigenvalue weighted by atomic mass is 16.6. The van der Waals surface area contributed by atoms with Crippen LogP contribution in [0.4, 0.5) is 5.69 Å². The molecule has 3 aromatic rings. The predicted octanol–water partition coefficient (Wildman–Crippen LogP) is 3.01. The normalized spacial score (nSPS) is 10.4. The van der Waals surface area contributed by atoms with E-state index < -0.39 is 4.92 Å². The molecule has 0 fully saturated rings. The molecule has 0 saturated heterocycles. The van der Waals surface area contributed by atoms with E-state index in [-0.39, 0.29) is 17.0 Å². The van der Waals surface area contributed by atoms with Crippen LogP contribution in [-0.4, -0.2) is 20.3 Å². The summed E-state index contributed by atoms with van der Waals surface area (Å²) < 4.78 is 1.65. The van der Waals surface area contributed by atoms with Crippen LogP contribution in [0, 0.1) is 10.1 Å². The van der Waals surface area contributed by atoms with Gasteiger partial charge in [-0.1, -0.05) is 30.3 Å². The van der Waals surface area contributed by atoms with E-state index in [9.17, 15) is 14.9 Å². The smallest absolute Gasteiger partial charge is 0.270 e. The second-order valence-corrected chi connectivity index (χ2v) is 4.62. The molecule has 0 aliphatic carbocycles. The van der Waals surface area contributed by atoms with Crippen LogP contribution in [0.1, 0.15) is 15.9 Å². The Labute approximate surface area is 125 Å². The van der Waals surface area contributed by atoms with E-state index >= 15 is 0 Å². The second kappa shape index (κ2) is 5.61. The minimum Gasteiger partial charge on any atom is -0.306 e. The van der Waals surface area contributed by atoms with Gasteiger partial charge in [-0.05, 0) is 6.07 Å². The van der Waals surface area contributed by atoms with Crippen molar-refractivity contribution in [2.75, 3.05) is 0 Å². The molecule has 0 unspecified atom stereocenters. The summed E-state index contributed by atoms with van der Waals surface area (Å²) in [6, 6.07) is 12.9. The molecule has 2 aromatic carbocycles. The molecule has 1 aromatic heterocycles. The van der Waals surface area contributed by atoms with Gasteiger partial charge in [-0.25, -0.2) is 4.98 Å². The van der Waals surface area contributed by atoms with Crippen molar-refractivity contribution in [1.29, 1.82) is 0 Å². The average molecular weight is 293 g/mol. The maximum Gasteiger partial charge on any atom is 0.270 e. The van der Waals surface area contributed by atoms with Crippen molar-refractivity contribution in [2.45, 2.75) is 0 Å². The molecule has 108 valence electrons. The minimum absolute atomic E-state index is 0.122. The summed E-state index contributed by atoms with van der Waals surface area (Å²) in [5, 5.41) is 11.0. The molecule has 0 spiro atoms. The molecular weight excluding hydrogens is 282 g/mol. The number of carbonyl (C=O) groups excluding carboxylic acids is 1. The lowest BCUT2D eigenvalue weighted by Gasteiger charge is -2.09. The van der Waals surface area contributed by atoms with Gasteiger partial charge >= 0.3 is 0 Å². The lowest BCUT2D eigenvalue weighted by molar-refractivity contribution is -0.384. The number of hydrogen-bond acceptors (Lipinski definition) is 4. The van der Waals surface area contributed by atoms with Gasteiger partial charge in [-0.15, -0.1) is 0 Å². The van der Waals surface area contributed by atoms with E-state index in [4.69, 9.17) is 0 Å². The summed E-state index contributed by atoms with van der Waals surface area (Å²) in [5.74, 6) is -0.270. The summed E-state index contributed by atoms with van der Waals surface area (Å²) in [4.78, 5) is 27.1. The van der Waals surface area contributed by atoms with Crippen LogP contribution < -0.4 is 0 Å². The summed E-state index contributed by atoms with van der Waals surface area (Å²) >= 11 is 0. The first kappa shape index (κ1) is 13.7. The number of ketones is 1. The standard InChI is InChI=1S/C16H11N3O3/c20-16(12-4-2-1-3-5-12)14-10-13(19(21)22)6-7-15(14)18-9-8-17-11-18/h1-11H. The fourth-order valence-electron chi connectivity index (χ4n) is 2.19. The molecule has 0 saturated carbocycles. The van der Waals surface area contributed by atoms with Crippen molar-refractivity contribution in [2.24, 2.45) is 0 Å². The van der Waals surface area contributed by atoms with Gasteiger partial charge in [0.05, 0.1) is 22.5 Å². The first-order valence-corrected chi connectivity index (χ1v) is 6.53. The highest BCUT2D eigenvalue weighted by molar-refractivity contribution is 6.11. The van der Waals surface area contributed by atoms with E-state index in [2.05, 4.69) is 4.98 Å². The lowest BCUT2D eigenvalue weighted by atomic mass is 10.0. The van der Waals surface area contributed by atoms with E-state index in [0.29, 0.717) is 11.3 Å². The number of nitro benzene ring substituents is 1. The highest BCUT2D eigenvalue weighted by Gasteiger charge is 2.18. The number of rotatable bonds is 4. The van der Waals surface area contributed by atoms with Crippen molar-refractivity contribution in [3.63, 3.8) is 0 Å². The molecule has 22 heavy (non-hydrogen) atoms. The molecule has 0 bridgehead atoms. The molecule has 0 amide bonds. The monoisotopic (exact) mass is 293 g/mol. The van der Waals surface area contributed by atoms with Crippen LogP contribution in [-0.2, 0) is 0 Å². The van der Waals surface area contributed by atoms with Gasteiger partial charge in [0.25, 0.3) is 5.69 Å². The number of benzene rings is 2. The number of nitro groups is 1. The summed E-state index contributed by atoms with van der Waals surface area (Å²) in [7, 11) is 0. The van der Waals surface area contributed by atoms with Gasteiger partial charge in [0.2, 0.25) is 0 Å². The lowest BCUT2D eigenvalue weighted by Crippen LogP contribution is -2.07. The van der Waals surface area contributed by atoms with Gasteiger partial charge in [-0.2, -0.15) is 0 Å². The minimum atomic E-state index is -0.514. The third-order valence-electron chi connectivity index (χ3n) is 3.25. The topological polar surface area (TPSA) is 78.0 Å². The van der Waals surface area contributed by atoms with E-state index in [0.717, 1.165) is 0 Å². The number of imidazole rings is 1. The second-order valence-electron chi connectivity index (χ2n) is 4.62. The van der Waals surface area contributed by atoms with Crippen molar-refractivity contribution < 1.29 is 9.72 Å². The van der Waals surface area contributed by atoms with Crippen LogP contribution in [0.3, 0.4) is 0 Å². The van der Waals surface area contributed by atoms with Gasteiger partial charge in [0, 0.05) is 30.1 Å². The average Bonchev–Trinajstić information content (AvgIpc) is 3.08. The molecule has 0 atom stereocenters. The predicted molar refractivity (Wildman–Crippen MR) is 80.1 cm³/mol. The fourth-order valence-corrected chi connectivity index (χ4v) is 2.19. The van der Waals surface area contributed by atoms with Crippen LogP contribution >= 0.6 is 0 Å². The summed E-state index contributed by atoms with van der Waals surface area (Å²) in [6.07, 6.45) is 4.81. The number of carbonyl (C=O) groups is 1. The third-order valence-corrected chi connectivity index (χ3v) is 3.25. The van der Waals surface area contributed by atoms with Crippen LogP contribution in [0.25, 0.3) is 5.69 Å². The zero-order chi connectivity index (χ0) is 15.5. The van der Waals surface area contributed by atoms with E-state index in [1.807, 2.05) is 0 Å². The van der Waals surface area contributed by atoms with Crippen LogP contribution in [0.15, 0.2) is 67.3 Å². The Balaban J connectivity index is 2.17. The molecule has 6 heteroatoms. The highest BCUT2D eigenvalue weighted by Crippen LogP contribution is 2.23. The van der Waals surface area contributed by atoms with Crippen molar-refractivity contribution >= 4 is 11.5 Å². The molecule has 3 rings (SSSR count). The largest absolute Gasteiger partial charge is 0.306 e. The zero-order valence-corrected chi connectivity index (χ0v) is 11.4. The Morgan fingerprint density at radius 1 is 1.14 bits per heavy atom. The quantitative estimate of drug-likeness (QED) is 0.421. The maximum absolute atomic E-state index is 12.7. The first-order chi connectivity index (χ1) is 10.7. The Morgan fingerprint density at radius 3 is 2.55 bits per heavy atom. The Kier molecular flexibility index (Phi) is 3.49. The fraction of sp³-hybridized carbons (Fsp3) is 0. The molecule has 1 heterocycles. The number of aromatic nitrogens is 2. The van der Waals surface area contributed by atoms with E-state index in [1.165, 1.54) is 12.1 Å². The van der Waals surface area contributed by atoms with Gasteiger partial charge < -0.3 is 4.57 Å². The number of hydrogen-bond donors (Lipinski definition) is 0. The van der Waals surface area contributed by atoms with Crippen LogP contribution in [0.5, 0.6) is 0 Å².